The van der Waals surface area contributed by atoms with Gasteiger partial charge in [-0.1, -0.05) is 23.7 Å². The van der Waals surface area contributed by atoms with Gasteiger partial charge in [-0.05, 0) is 17.7 Å². The van der Waals surface area contributed by atoms with Crippen LogP contribution >= 0.6 is 11.6 Å². The lowest BCUT2D eigenvalue weighted by Crippen LogP contribution is -2.72. The molecule has 1 atom stereocenters. The monoisotopic (exact) mass is 462 g/mol. The fourth-order valence-corrected chi connectivity index (χ4v) is 3.26. The standard InChI is InChI=1S/C18H8ClF9O2/c19-8-3-1-7(2-4-8)16(6-17(25,26)18(16,27)28)15(29)30-5-9-10(20)12(22)14(24)13(23)11(9)21/h1-4H,5-6H2/t16-/m0/s1. The van der Waals surface area contributed by atoms with E-state index in [1.54, 1.807) is 0 Å². The van der Waals surface area contributed by atoms with Gasteiger partial charge >= 0.3 is 17.8 Å². The van der Waals surface area contributed by atoms with Gasteiger partial charge in [0, 0.05) is 11.4 Å². The number of benzene rings is 2. The average molecular weight is 463 g/mol. The first-order valence-corrected chi connectivity index (χ1v) is 8.35. The van der Waals surface area contributed by atoms with Crippen molar-refractivity contribution in [3.63, 3.8) is 0 Å². The molecule has 0 radical (unpaired) electrons. The molecular formula is C18H8ClF9O2. The molecular weight excluding hydrogens is 455 g/mol. The number of rotatable bonds is 4. The van der Waals surface area contributed by atoms with Crippen LogP contribution in [0, 0.1) is 29.1 Å². The summed E-state index contributed by atoms with van der Waals surface area (Å²) in [7, 11) is 0. The Morgan fingerprint density at radius 3 is 1.77 bits per heavy atom. The molecule has 1 aliphatic carbocycles. The van der Waals surface area contributed by atoms with Gasteiger partial charge in [-0.25, -0.2) is 22.0 Å². The molecule has 0 N–H and O–H groups in total. The summed E-state index contributed by atoms with van der Waals surface area (Å²) in [5.74, 6) is -23.5. The van der Waals surface area contributed by atoms with Gasteiger partial charge in [0.1, 0.15) is 6.61 Å². The fraction of sp³-hybridized carbons (Fsp3) is 0.278. The molecule has 0 aliphatic heterocycles. The Balaban J connectivity index is 1.99. The lowest BCUT2D eigenvalue weighted by molar-refractivity contribution is -0.323. The highest BCUT2D eigenvalue weighted by molar-refractivity contribution is 6.30. The summed E-state index contributed by atoms with van der Waals surface area (Å²) in [4.78, 5) is 12.4. The maximum atomic E-state index is 14.3. The quantitative estimate of drug-likeness (QED) is 0.252. The molecule has 0 saturated heterocycles. The Kier molecular flexibility index (Phi) is 5.25. The van der Waals surface area contributed by atoms with Crippen LogP contribution in [-0.2, 0) is 21.6 Å². The van der Waals surface area contributed by atoms with Gasteiger partial charge in [0.25, 0.3) is 0 Å². The third-order valence-corrected chi connectivity index (χ3v) is 5.07. The smallest absolute Gasteiger partial charge is 0.330 e. The molecule has 1 fully saturated rings. The van der Waals surface area contributed by atoms with Gasteiger partial charge in [0.05, 0.1) is 5.56 Å². The molecule has 0 unspecified atom stereocenters. The minimum atomic E-state index is -4.97. The zero-order chi connectivity index (χ0) is 22.6. The zero-order valence-corrected chi connectivity index (χ0v) is 15.1. The first kappa shape index (κ1) is 22.3. The van der Waals surface area contributed by atoms with Gasteiger partial charge in [-0.15, -0.1) is 0 Å². The highest BCUT2D eigenvalue weighted by Gasteiger charge is 2.84. The Morgan fingerprint density at radius 1 is 0.867 bits per heavy atom. The number of carbonyl (C=O) groups excluding carboxylic acids is 1. The van der Waals surface area contributed by atoms with Crippen molar-refractivity contribution in [2.75, 3.05) is 0 Å². The van der Waals surface area contributed by atoms with E-state index >= 15 is 0 Å². The average Bonchev–Trinajstić information content (AvgIpc) is 2.69. The van der Waals surface area contributed by atoms with Crippen molar-refractivity contribution in [1.29, 1.82) is 0 Å². The minimum Gasteiger partial charge on any atom is -0.460 e. The predicted octanol–water partition coefficient (Wildman–Crippen LogP) is 5.69. The van der Waals surface area contributed by atoms with Crippen LogP contribution < -0.4 is 0 Å². The highest BCUT2D eigenvalue weighted by Crippen LogP contribution is 2.64. The van der Waals surface area contributed by atoms with Crippen molar-refractivity contribution in [1.82, 2.24) is 0 Å². The SMILES string of the molecule is O=C(OCc1c(F)c(F)c(F)c(F)c1F)[C@@]1(c2ccc(Cl)cc2)CC(F)(F)C1(F)F. The normalized spacial score (nSPS) is 21.8. The second kappa shape index (κ2) is 7.07. The first-order valence-electron chi connectivity index (χ1n) is 7.97. The molecule has 2 nitrogen and oxygen atoms in total. The second-order valence-corrected chi connectivity index (χ2v) is 6.93. The van der Waals surface area contributed by atoms with Gasteiger partial charge in [-0.3, -0.25) is 4.79 Å². The summed E-state index contributed by atoms with van der Waals surface area (Å²) >= 11 is 5.61. The van der Waals surface area contributed by atoms with Crippen molar-refractivity contribution < 1.29 is 49.0 Å². The first-order chi connectivity index (χ1) is 13.8. The second-order valence-electron chi connectivity index (χ2n) is 6.49. The van der Waals surface area contributed by atoms with E-state index in [4.69, 9.17) is 11.6 Å². The van der Waals surface area contributed by atoms with Crippen LogP contribution in [0.15, 0.2) is 24.3 Å². The summed E-state index contributed by atoms with van der Waals surface area (Å²) in [6, 6.07) is 3.77. The number of ether oxygens (including phenoxy) is 1. The van der Waals surface area contributed by atoms with Gasteiger partial charge in [0.2, 0.25) is 5.82 Å². The summed E-state index contributed by atoms with van der Waals surface area (Å²) in [5.41, 5.74) is -5.52. The molecule has 162 valence electrons. The van der Waals surface area contributed by atoms with E-state index in [1.807, 2.05) is 0 Å². The van der Waals surface area contributed by atoms with Crippen LogP contribution in [0.25, 0.3) is 0 Å². The molecule has 0 aromatic heterocycles. The maximum Gasteiger partial charge on any atom is 0.330 e. The molecule has 2 aromatic rings. The lowest BCUT2D eigenvalue weighted by atomic mass is 9.58. The summed E-state index contributed by atoms with van der Waals surface area (Å²) < 4.78 is 127. The van der Waals surface area contributed by atoms with Crippen LogP contribution in [0.1, 0.15) is 17.5 Å². The molecule has 2 aromatic carbocycles. The van der Waals surface area contributed by atoms with Gasteiger partial charge < -0.3 is 4.74 Å². The van der Waals surface area contributed by atoms with Crippen LogP contribution in [0.3, 0.4) is 0 Å². The highest BCUT2D eigenvalue weighted by atomic mass is 35.5. The van der Waals surface area contributed by atoms with E-state index in [1.165, 1.54) is 0 Å². The van der Waals surface area contributed by atoms with Crippen molar-refractivity contribution in [3.8, 4) is 0 Å². The third-order valence-electron chi connectivity index (χ3n) is 4.82. The molecule has 12 heteroatoms. The van der Waals surface area contributed by atoms with Crippen LogP contribution in [0.2, 0.25) is 5.02 Å². The molecule has 0 bridgehead atoms. The van der Waals surface area contributed by atoms with E-state index in [0.717, 1.165) is 24.3 Å². The number of carbonyl (C=O) groups is 1. The molecule has 0 spiro atoms. The number of halogens is 10. The van der Waals surface area contributed by atoms with Gasteiger partial charge in [-0.2, -0.15) is 17.6 Å². The largest absolute Gasteiger partial charge is 0.460 e. The Bertz CT molecular complexity index is 994. The van der Waals surface area contributed by atoms with Crippen molar-refractivity contribution in [2.24, 2.45) is 0 Å². The number of hydrogen-bond donors (Lipinski definition) is 0. The lowest BCUT2D eigenvalue weighted by Gasteiger charge is -2.51. The number of hydrogen-bond acceptors (Lipinski definition) is 2. The topological polar surface area (TPSA) is 26.3 Å². The van der Waals surface area contributed by atoms with Gasteiger partial charge in [0.15, 0.2) is 28.7 Å². The van der Waals surface area contributed by atoms with Crippen molar-refractivity contribution in [3.05, 3.63) is 69.5 Å². The third kappa shape index (κ3) is 2.93. The molecule has 30 heavy (non-hydrogen) atoms. The molecule has 0 heterocycles. The van der Waals surface area contributed by atoms with E-state index in [0.29, 0.717) is 0 Å². The van der Waals surface area contributed by atoms with E-state index in [9.17, 15) is 44.3 Å². The molecule has 1 saturated carbocycles. The Morgan fingerprint density at radius 2 is 1.33 bits per heavy atom. The number of alkyl halides is 4. The summed E-state index contributed by atoms with van der Waals surface area (Å²) in [6.45, 7) is -1.67. The zero-order valence-electron chi connectivity index (χ0n) is 14.3. The summed E-state index contributed by atoms with van der Waals surface area (Å²) in [6.07, 6.45) is -1.72. The maximum absolute atomic E-state index is 14.3. The predicted molar refractivity (Wildman–Crippen MR) is 83.7 cm³/mol. The van der Waals surface area contributed by atoms with Crippen molar-refractivity contribution >= 4 is 17.6 Å². The molecule has 0 amide bonds. The molecule has 3 rings (SSSR count). The van der Waals surface area contributed by atoms with E-state index < -0.39 is 76.5 Å². The van der Waals surface area contributed by atoms with Crippen LogP contribution in [0.4, 0.5) is 39.5 Å². The Labute approximate surface area is 167 Å². The van der Waals surface area contributed by atoms with Crippen LogP contribution in [0.5, 0.6) is 0 Å². The van der Waals surface area contributed by atoms with E-state index in [-0.39, 0.29) is 5.02 Å². The Hall–Kier alpha value is -2.43. The van der Waals surface area contributed by atoms with E-state index in [2.05, 4.69) is 4.74 Å². The minimum absolute atomic E-state index is 0.0260. The summed E-state index contributed by atoms with van der Waals surface area (Å²) in [5, 5.41) is 0.0260. The van der Waals surface area contributed by atoms with Crippen molar-refractivity contribution in [2.45, 2.75) is 30.3 Å². The van der Waals surface area contributed by atoms with Crippen LogP contribution in [-0.4, -0.2) is 17.8 Å². The number of esters is 1. The fourth-order valence-electron chi connectivity index (χ4n) is 3.13. The molecule has 1 aliphatic rings.